The van der Waals surface area contributed by atoms with Gasteiger partial charge in [0, 0.05) is 6.42 Å². The quantitative estimate of drug-likeness (QED) is 0.174. The summed E-state index contributed by atoms with van der Waals surface area (Å²) in [7, 11) is 0. The van der Waals surface area contributed by atoms with E-state index in [-0.39, 0.29) is 18.8 Å². The fourth-order valence-electron chi connectivity index (χ4n) is 2.37. The lowest BCUT2D eigenvalue weighted by Gasteiger charge is -2.26. The Kier molecular flexibility index (Phi) is 11.6. The van der Waals surface area contributed by atoms with Crippen molar-refractivity contribution in [3.8, 4) is 0 Å². The van der Waals surface area contributed by atoms with Gasteiger partial charge in [-0.2, -0.15) is 0 Å². The molecule has 5 unspecified atom stereocenters. The minimum Gasteiger partial charge on any atom is -0.481 e. The third kappa shape index (κ3) is 10.2. The van der Waals surface area contributed by atoms with E-state index in [1.165, 1.54) is 13.8 Å². The molecule has 3 amide bonds. The molecule has 0 aliphatic rings. The number of carbonyl (C=O) groups excluding carboxylic acids is 3. The number of rotatable bonds is 13. The van der Waals surface area contributed by atoms with Crippen LogP contribution in [0.15, 0.2) is 0 Å². The van der Waals surface area contributed by atoms with Gasteiger partial charge in [-0.1, -0.05) is 13.8 Å². The Hall–Kier alpha value is -2.73. The summed E-state index contributed by atoms with van der Waals surface area (Å²) in [4.78, 5) is 59.0. The molecule has 5 atom stereocenters. The third-order valence-corrected chi connectivity index (χ3v) is 4.17. The Bertz CT molecular complexity index is 638. The van der Waals surface area contributed by atoms with E-state index in [2.05, 4.69) is 16.0 Å². The van der Waals surface area contributed by atoms with Crippen molar-refractivity contribution >= 4 is 29.7 Å². The largest absolute Gasteiger partial charge is 0.481 e. The Labute approximate surface area is 174 Å². The third-order valence-electron chi connectivity index (χ3n) is 4.17. The van der Waals surface area contributed by atoms with E-state index in [9.17, 15) is 29.1 Å². The minimum atomic E-state index is -1.33. The highest BCUT2D eigenvalue weighted by molar-refractivity contribution is 5.94. The van der Waals surface area contributed by atoms with Gasteiger partial charge in [-0.3, -0.25) is 24.0 Å². The maximum Gasteiger partial charge on any atom is 0.325 e. The molecule has 12 heteroatoms. The number of aliphatic hydroxyl groups is 1. The molecule has 0 aliphatic carbocycles. The Morgan fingerprint density at radius 3 is 1.77 bits per heavy atom. The van der Waals surface area contributed by atoms with Gasteiger partial charge >= 0.3 is 11.9 Å². The molecule has 0 aromatic carbocycles. The number of hydrogen-bond acceptors (Lipinski definition) is 7. The SMILES string of the molecule is CC(C)CC(NC(=O)C(N)C(C)O)C(=O)NC(CCC(=O)O)C(=O)NC(C)C(=O)O. The fraction of sp³-hybridized carbons (Fsp3) is 0.722. The molecule has 0 aromatic rings. The molecule has 0 saturated heterocycles. The van der Waals surface area contributed by atoms with E-state index in [4.69, 9.17) is 15.9 Å². The minimum absolute atomic E-state index is 0.0397. The molecule has 0 aromatic heterocycles. The zero-order chi connectivity index (χ0) is 23.6. The Balaban J connectivity index is 5.41. The number of nitrogens with two attached hydrogens (primary N) is 1. The van der Waals surface area contributed by atoms with Gasteiger partial charge in [-0.15, -0.1) is 0 Å². The lowest BCUT2D eigenvalue weighted by atomic mass is 10.0. The van der Waals surface area contributed by atoms with Gasteiger partial charge in [0.25, 0.3) is 0 Å². The normalized spacial score (nSPS) is 16.0. The van der Waals surface area contributed by atoms with Crippen LogP contribution in [-0.4, -0.2) is 75.3 Å². The number of aliphatic hydroxyl groups excluding tert-OH is 1. The van der Waals surface area contributed by atoms with Crippen LogP contribution in [0.4, 0.5) is 0 Å². The molecule has 0 radical (unpaired) electrons. The number of aliphatic carboxylic acids is 2. The van der Waals surface area contributed by atoms with Crippen LogP contribution in [0.25, 0.3) is 0 Å². The van der Waals surface area contributed by atoms with Crippen LogP contribution in [0.2, 0.25) is 0 Å². The zero-order valence-corrected chi connectivity index (χ0v) is 17.5. The maximum atomic E-state index is 12.7. The molecule has 30 heavy (non-hydrogen) atoms. The summed E-state index contributed by atoms with van der Waals surface area (Å²) in [6.45, 7) is 6.13. The van der Waals surface area contributed by atoms with Crippen LogP contribution >= 0.6 is 0 Å². The second-order valence-corrected chi connectivity index (χ2v) is 7.52. The monoisotopic (exact) mass is 432 g/mol. The first-order chi connectivity index (χ1) is 13.8. The van der Waals surface area contributed by atoms with Crippen molar-refractivity contribution in [1.82, 2.24) is 16.0 Å². The highest BCUT2D eigenvalue weighted by atomic mass is 16.4. The van der Waals surface area contributed by atoms with Crippen LogP contribution in [0, 0.1) is 5.92 Å². The second kappa shape index (κ2) is 12.8. The molecule has 0 fully saturated rings. The second-order valence-electron chi connectivity index (χ2n) is 7.52. The molecule has 172 valence electrons. The Morgan fingerprint density at radius 2 is 1.33 bits per heavy atom. The van der Waals surface area contributed by atoms with Gasteiger partial charge in [-0.05, 0) is 32.6 Å². The first kappa shape index (κ1) is 27.3. The predicted molar refractivity (Wildman–Crippen MR) is 105 cm³/mol. The van der Waals surface area contributed by atoms with Crippen LogP contribution in [0.1, 0.15) is 47.0 Å². The van der Waals surface area contributed by atoms with Crippen LogP contribution in [0.3, 0.4) is 0 Å². The van der Waals surface area contributed by atoms with E-state index in [0.29, 0.717) is 0 Å². The summed E-state index contributed by atoms with van der Waals surface area (Å²) in [6.07, 6.45) is -1.70. The standard InChI is InChI=1S/C18H32N4O8/c1-8(2)7-12(22-17(28)14(19)10(4)23)16(27)21-11(5-6-13(24)25)15(26)20-9(3)18(29)30/h8-12,14,23H,5-7,19H2,1-4H3,(H,20,26)(H,21,27)(H,22,28)(H,24,25)(H,29,30). The first-order valence-electron chi connectivity index (χ1n) is 9.55. The van der Waals surface area contributed by atoms with Gasteiger partial charge in [0.2, 0.25) is 17.7 Å². The number of carboxylic acid groups (broad SMARTS) is 2. The van der Waals surface area contributed by atoms with E-state index in [1.54, 1.807) is 13.8 Å². The highest BCUT2D eigenvalue weighted by Crippen LogP contribution is 2.08. The zero-order valence-electron chi connectivity index (χ0n) is 17.5. The van der Waals surface area contributed by atoms with Gasteiger partial charge < -0.3 is 37.0 Å². The van der Waals surface area contributed by atoms with Crippen molar-refractivity contribution < 1.29 is 39.3 Å². The summed E-state index contributed by atoms with van der Waals surface area (Å²) in [5.74, 6) is -4.94. The lowest BCUT2D eigenvalue weighted by molar-refractivity contribution is -0.142. The molecule has 0 heterocycles. The number of carbonyl (C=O) groups is 5. The molecule has 0 spiro atoms. The topological polar surface area (TPSA) is 208 Å². The molecule has 0 saturated carbocycles. The molecule has 12 nitrogen and oxygen atoms in total. The van der Waals surface area contributed by atoms with Crippen molar-refractivity contribution in [2.24, 2.45) is 11.7 Å². The van der Waals surface area contributed by atoms with Crippen LogP contribution < -0.4 is 21.7 Å². The molecule has 8 N–H and O–H groups in total. The summed E-state index contributed by atoms with van der Waals surface area (Å²) < 4.78 is 0. The number of amides is 3. The van der Waals surface area contributed by atoms with Crippen LogP contribution in [0.5, 0.6) is 0 Å². The van der Waals surface area contributed by atoms with Gasteiger partial charge in [0.1, 0.15) is 24.2 Å². The van der Waals surface area contributed by atoms with E-state index in [1.807, 2.05) is 0 Å². The van der Waals surface area contributed by atoms with Crippen molar-refractivity contribution in [2.75, 3.05) is 0 Å². The molecular formula is C18H32N4O8. The van der Waals surface area contributed by atoms with Gasteiger partial charge in [-0.25, -0.2) is 0 Å². The fourth-order valence-corrected chi connectivity index (χ4v) is 2.37. The predicted octanol–water partition coefficient (Wildman–Crippen LogP) is -1.84. The van der Waals surface area contributed by atoms with Crippen molar-refractivity contribution in [1.29, 1.82) is 0 Å². The van der Waals surface area contributed by atoms with Gasteiger partial charge in [0.15, 0.2) is 0 Å². The van der Waals surface area contributed by atoms with E-state index >= 15 is 0 Å². The van der Waals surface area contributed by atoms with Crippen molar-refractivity contribution in [2.45, 2.75) is 77.2 Å². The molecule has 0 bridgehead atoms. The van der Waals surface area contributed by atoms with Crippen LogP contribution in [-0.2, 0) is 24.0 Å². The Morgan fingerprint density at radius 1 is 0.833 bits per heavy atom. The molecule has 0 rings (SSSR count). The average molecular weight is 432 g/mol. The average Bonchev–Trinajstić information content (AvgIpc) is 2.62. The molecule has 0 aliphatic heterocycles. The summed E-state index contributed by atoms with van der Waals surface area (Å²) in [6, 6.07) is -4.95. The van der Waals surface area contributed by atoms with Crippen molar-refractivity contribution in [3.63, 3.8) is 0 Å². The highest BCUT2D eigenvalue weighted by Gasteiger charge is 2.30. The smallest absolute Gasteiger partial charge is 0.325 e. The summed E-state index contributed by atoms with van der Waals surface area (Å²) in [5.41, 5.74) is 5.57. The lowest BCUT2D eigenvalue weighted by Crippen LogP contribution is -2.58. The first-order valence-corrected chi connectivity index (χ1v) is 9.55. The van der Waals surface area contributed by atoms with E-state index < -0.39 is 66.4 Å². The number of nitrogens with one attached hydrogen (secondary N) is 3. The van der Waals surface area contributed by atoms with Gasteiger partial charge in [0.05, 0.1) is 6.10 Å². The number of carboxylic acids is 2. The molecular weight excluding hydrogens is 400 g/mol. The summed E-state index contributed by atoms with van der Waals surface area (Å²) >= 11 is 0. The van der Waals surface area contributed by atoms with E-state index in [0.717, 1.165) is 0 Å². The maximum absolute atomic E-state index is 12.7. The number of hydrogen-bond donors (Lipinski definition) is 7. The van der Waals surface area contributed by atoms with Crippen molar-refractivity contribution in [3.05, 3.63) is 0 Å². The summed E-state index contributed by atoms with van der Waals surface area (Å²) in [5, 5.41) is 34.2.